The summed E-state index contributed by atoms with van der Waals surface area (Å²) in [6, 6.07) is 8.39. The average molecular weight is 476 g/mol. The number of carbonyl (C=O) groups is 2. The van der Waals surface area contributed by atoms with Gasteiger partial charge in [0.05, 0.1) is 5.69 Å². The van der Waals surface area contributed by atoms with Gasteiger partial charge >= 0.3 is 0 Å². The number of carbonyl (C=O) groups excluding carboxylic acids is 2. The molecule has 2 aromatic rings. The van der Waals surface area contributed by atoms with Gasteiger partial charge in [-0.2, -0.15) is 0 Å². The lowest BCUT2D eigenvalue weighted by molar-refractivity contribution is -0.129. The quantitative estimate of drug-likeness (QED) is 0.701. The van der Waals surface area contributed by atoms with Crippen molar-refractivity contribution < 1.29 is 9.59 Å². The van der Waals surface area contributed by atoms with E-state index in [1.54, 1.807) is 13.1 Å². The van der Waals surface area contributed by atoms with Crippen molar-refractivity contribution in [2.75, 3.05) is 49.5 Å². The molecule has 2 saturated heterocycles. The molecule has 4 heterocycles. The van der Waals surface area contributed by atoms with Crippen LogP contribution in [0.1, 0.15) is 37.9 Å². The summed E-state index contributed by atoms with van der Waals surface area (Å²) in [6.07, 6.45) is 1.78. The van der Waals surface area contributed by atoms with Crippen LogP contribution in [-0.4, -0.2) is 76.9 Å². The molecule has 2 atom stereocenters. The number of aryl methyl sites for hydroxylation is 1. The fourth-order valence-electron chi connectivity index (χ4n) is 5.67. The molecular weight excluding hydrogens is 442 g/mol. The Morgan fingerprint density at radius 3 is 2.57 bits per heavy atom. The molecular formula is C26H33N7O2. The largest absolute Gasteiger partial charge is 0.368 e. The Bertz CT molecular complexity index is 1190. The van der Waals surface area contributed by atoms with Gasteiger partial charge in [-0.1, -0.05) is 0 Å². The molecule has 9 heteroatoms. The Balaban J connectivity index is 1.32. The highest BCUT2D eigenvalue weighted by Crippen LogP contribution is 2.41. The molecule has 1 aromatic carbocycles. The monoisotopic (exact) mass is 475 g/mol. The van der Waals surface area contributed by atoms with Crippen LogP contribution in [0, 0.1) is 6.92 Å². The Kier molecular flexibility index (Phi) is 6.08. The van der Waals surface area contributed by atoms with Gasteiger partial charge in [-0.05, 0) is 56.2 Å². The number of aromatic nitrogens is 2. The number of nitrogens with zero attached hydrogens (tertiary/aromatic N) is 5. The number of piperazine rings is 2. The Morgan fingerprint density at radius 2 is 1.89 bits per heavy atom. The third kappa shape index (κ3) is 4.31. The number of rotatable bonds is 4. The number of amides is 2. The molecule has 35 heavy (non-hydrogen) atoms. The summed E-state index contributed by atoms with van der Waals surface area (Å²) in [7, 11) is 0. The minimum atomic E-state index is 0.00813. The molecule has 0 spiro atoms. The van der Waals surface area contributed by atoms with E-state index in [0.29, 0.717) is 12.5 Å². The number of benzene rings is 1. The molecule has 2 amide bonds. The lowest BCUT2D eigenvalue weighted by Gasteiger charge is -2.36. The van der Waals surface area contributed by atoms with Crippen molar-refractivity contribution in [1.82, 2.24) is 25.1 Å². The highest BCUT2D eigenvalue weighted by molar-refractivity contribution is 5.95. The van der Waals surface area contributed by atoms with E-state index in [2.05, 4.69) is 51.4 Å². The molecule has 2 fully saturated rings. The van der Waals surface area contributed by atoms with E-state index in [0.717, 1.165) is 60.9 Å². The van der Waals surface area contributed by atoms with Crippen molar-refractivity contribution in [2.24, 2.45) is 0 Å². The van der Waals surface area contributed by atoms with Crippen molar-refractivity contribution in [3.05, 3.63) is 53.0 Å². The first-order valence-corrected chi connectivity index (χ1v) is 12.3. The predicted octanol–water partition coefficient (Wildman–Crippen LogP) is 2.39. The van der Waals surface area contributed by atoms with Crippen molar-refractivity contribution in [3.63, 3.8) is 0 Å². The molecule has 2 N–H and O–H groups in total. The SMILES string of the molecule is CC(=O)N1CCN(c2ccc(Nc3nccc(C4C(C)=C5C(=O)NCCN5C4C)n3)cc2C)CC1. The molecule has 0 radical (unpaired) electrons. The summed E-state index contributed by atoms with van der Waals surface area (Å²) < 4.78 is 0. The molecule has 2 unspecified atom stereocenters. The van der Waals surface area contributed by atoms with Gasteiger partial charge in [0.25, 0.3) is 5.91 Å². The maximum atomic E-state index is 12.5. The van der Waals surface area contributed by atoms with E-state index >= 15 is 0 Å². The second kappa shape index (κ2) is 9.20. The molecule has 9 nitrogen and oxygen atoms in total. The summed E-state index contributed by atoms with van der Waals surface area (Å²) in [5.74, 6) is 0.744. The lowest BCUT2D eigenvalue weighted by atomic mass is 9.92. The highest BCUT2D eigenvalue weighted by Gasteiger charge is 2.41. The van der Waals surface area contributed by atoms with E-state index < -0.39 is 0 Å². The van der Waals surface area contributed by atoms with Gasteiger partial charge in [0.2, 0.25) is 11.9 Å². The summed E-state index contributed by atoms with van der Waals surface area (Å²) in [5.41, 5.74) is 6.04. The number of nitrogens with one attached hydrogen (secondary N) is 2. The third-order valence-electron chi connectivity index (χ3n) is 7.47. The lowest BCUT2D eigenvalue weighted by Crippen LogP contribution is -2.48. The fraction of sp³-hybridized carbons (Fsp3) is 0.462. The Hall–Kier alpha value is -3.62. The third-order valence-corrected chi connectivity index (χ3v) is 7.47. The molecule has 3 aliphatic heterocycles. The van der Waals surface area contributed by atoms with Gasteiger partial charge in [-0.25, -0.2) is 9.97 Å². The smallest absolute Gasteiger partial charge is 0.267 e. The molecule has 0 aliphatic carbocycles. The van der Waals surface area contributed by atoms with Gasteiger partial charge in [-0.3, -0.25) is 9.59 Å². The normalized spacial score (nSPS) is 22.3. The van der Waals surface area contributed by atoms with Gasteiger partial charge in [0.15, 0.2) is 0 Å². The fourth-order valence-corrected chi connectivity index (χ4v) is 5.67. The summed E-state index contributed by atoms with van der Waals surface area (Å²) in [5, 5.41) is 6.32. The van der Waals surface area contributed by atoms with Crippen LogP contribution in [0.2, 0.25) is 0 Å². The molecule has 3 aliphatic rings. The van der Waals surface area contributed by atoms with Crippen LogP contribution >= 0.6 is 0 Å². The first-order valence-electron chi connectivity index (χ1n) is 12.3. The van der Waals surface area contributed by atoms with E-state index in [9.17, 15) is 9.59 Å². The minimum absolute atomic E-state index is 0.00813. The second-order valence-corrected chi connectivity index (χ2v) is 9.62. The van der Waals surface area contributed by atoms with Crippen LogP contribution in [-0.2, 0) is 9.59 Å². The zero-order chi connectivity index (χ0) is 24.7. The van der Waals surface area contributed by atoms with Gasteiger partial charge < -0.3 is 25.3 Å². The summed E-state index contributed by atoms with van der Waals surface area (Å²) in [6.45, 7) is 12.6. The van der Waals surface area contributed by atoms with Crippen LogP contribution in [0.3, 0.4) is 0 Å². The van der Waals surface area contributed by atoms with Crippen LogP contribution < -0.4 is 15.5 Å². The number of anilines is 3. The van der Waals surface area contributed by atoms with Gasteiger partial charge in [-0.15, -0.1) is 0 Å². The minimum Gasteiger partial charge on any atom is -0.368 e. The number of hydrogen-bond donors (Lipinski definition) is 2. The zero-order valence-electron chi connectivity index (χ0n) is 20.8. The first-order chi connectivity index (χ1) is 16.8. The van der Waals surface area contributed by atoms with E-state index in [-0.39, 0.29) is 23.8 Å². The molecule has 0 bridgehead atoms. The van der Waals surface area contributed by atoms with Crippen molar-refractivity contribution in [2.45, 2.75) is 39.7 Å². The Labute approximate surface area is 206 Å². The maximum absolute atomic E-state index is 12.5. The van der Waals surface area contributed by atoms with Gasteiger partial charge in [0.1, 0.15) is 5.70 Å². The van der Waals surface area contributed by atoms with Gasteiger partial charge in [0, 0.05) is 75.7 Å². The highest BCUT2D eigenvalue weighted by atomic mass is 16.2. The van der Waals surface area contributed by atoms with Crippen molar-refractivity contribution in [3.8, 4) is 0 Å². The first kappa shape index (κ1) is 23.1. The predicted molar refractivity (Wildman–Crippen MR) is 136 cm³/mol. The van der Waals surface area contributed by atoms with Crippen LogP contribution in [0.5, 0.6) is 0 Å². The van der Waals surface area contributed by atoms with E-state index in [4.69, 9.17) is 4.98 Å². The molecule has 184 valence electrons. The van der Waals surface area contributed by atoms with Crippen LogP contribution in [0.4, 0.5) is 17.3 Å². The van der Waals surface area contributed by atoms with Crippen molar-refractivity contribution >= 4 is 29.1 Å². The maximum Gasteiger partial charge on any atom is 0.267 e. The molecule has 0 saturated carbocycles. The molecule has 5 rings (SSSR count). The average Bonchev–Trinajstić information content (AvgIpc) is 3.10. The summed E-state index contributed by atoms with van der Waals surface area (Å²) >= 11 is 0. The van der Waals surface area contributed by atoms with Crippen LogP contribution in [0.25, 0.3) is 0 Å². The standard InChI is InChI=1S/C26H33N7O2/c1-16-15-20(5-6-22(16)32-13-11-31(12-14-32)19(4)34)29-26-28-8-7-21(30-26)23-17(2)24-25(35)27-9-10-33(24)18(23)3/h5-8,15,18,23H,9-14H2,1-4H3,(H,27,35)(H,28,29,30). The Morgan fingerprint density at radius 1 is 1.11 bits per heavy atom. The van der Waals surface area contributed by atoms with E-state index in [1.807, 2.05) is 24.0 Å². The van der Waals surface area contributed by atoms with Crippen LogP contribution in [0.15, 0.2) is 41.7 Å². The topological polar surface area (TPSA) is 93.7 Å². The number of hydrogen-bond acceptors (Lipinski definition) is 7. The second-order valence-electron chi connectivity index (χ2n) is 9.62. The van der Waals surface area contributed by atoms with Crippen molar-refractivity contribution in [1.29, 1.82) is 0 Å². The summed E-state index contributed by atoms with van der Waals surface area (Å²) in [4.78, 5) is 39.8. The molecule has 1 aromatic heterocycles. The zero-order valence-corrected chi connectivity index (χ0v) is 20.8. The number of fused-ring (bicyclic) bond motifs is 1. The van der Waals surface area contributed by atoms with E-state index in [1.165, 1.54) is 5.69 Å².